The molecule has 1 spiro atoms. The van der Waals surface area contributed by atoms with Gasteiger partial charge in [0.05, 0.1) is 18.1 Å². The van der Waals surface area contributed by atoms with Gasteiger partial charge >= 0.3 is 0 Å². The molecule has 4 heterocycles. The SMILES string of the molecule is CC(=O)Nc1ncc(CN2CCC3(CCN(c4cnc(C)nc4)C3)C2)s1. The molecule has 26 heavy (non-hydrogen) atoms. The van der Waals surface area contributed by atoms with Crippen molar-refractivity contribution in [3.8, 4) is 0 Å². The maximum absolute atomic E-state index is 11.1. The standard InChI is InChI=1S/C18H24N6OS/c1-13-19-7-15(8-20-13)24-6-4-18(12-24)3-5-23(11-18)10-16-9-21-17(26-16)22-14(2)25/h7-9H,3-6,10-12H2,1-2H3,(H,21,22,25). The number of hydrogen-bond acceptors (Lipinski definition) is 7. The molecular weight excluding hydrogens is 348 g/mol. The Balaban J connectivity index is 1.35. The van der Waals surface area contributed by atoms with Gasteiger partial charge in [0.2, 0.25) is 5.91 Å². The molecule has 1 atom stereocenters. The second kappa shape index (κ2) is 6.92. The zero-order chi connectivity index (χ0) is 18.1. The van der Waals surface area contributed by atoms with E-state index in [1.807, 2.05) is 25.5 Å². The van der Waals surface area contributed by atoms with Crippen molar-refractivity contribution >= 4 is 28.1 Å². The van der Waals surface area contributed by atoms with Crippen LogP contribution in [0.3, 0.4) is 0 Å². The molecule has 1 unspecified atom stereocenters. The van der Waals surface area contributed by atoms with Crippen molar-refractivity contribution in [3.05, 3.63) is 29.3 Å². The largest absolute Gasteiger partial charge is 0.368 e. The quantitative estimate of drug-likeness (QED) is 0.888. The first-order valence-electron chi connectivity index (χ1n) is 9.00. The van der Waals surface area contributed by atoms with E-state index in [0.717, 1.165) is 44.2 Å². The molecule has 0 radical (unpaired) electrons. The number of likely N-dealkylation sites (tertiary alicyclic amines) is 1. The lowest BCUT2D eigenvalue weighted by Crippen LogP contribution is -2.30. The Kier molecular flexibility index (Phi) is 4.62. The van der Waals surface area contributed by atoms with Gasteiger partial charge in [0.25, 0.3) is 0 Å². The van der Waals surface area contributed by atoms with Crippen molar-refractivity contribution in [2.24, 2.45) is 5.41 Å². The lowest BCUT2D eigenvalue weighted by Gasteiger charge is -2.25. The van der Waals surface area contributed by atoms with E-state index in [2.05, 4.69) is 30.1 Å². The molecule has 2 aliphatic rings. The first kappa shape index (κ1) is 17.4. The molecule has 0 aromatic carbocycles. The van der Waals surface area contributed by atoms with Crippen LogP contribution in [0.15, 0.2) is 18.6 Å². The Morgan fingerprint density at radius 3 is 2.73 bits per heavy atom. The predicted molar refractivity (Wildman–Crippen MR) is 102 cm³/mol. The van der Waals surface area contributed by atoms with E-state index in [9.17, 15) is 4.79 Å². The number of carbonyl (C=O) groups is 1. The molecule has 2 aromatic heterocycles. The van der Waals surface area contributed by atoms with Gasteiger partial charge in [0, 0.05) is 49.6 Å². The van der Waals surface area contributed by atoms with Gasteiger partial charge in [-0.05, 0) is 26.3 Å². The highest BCUT2D eigenvalue weighted by molar-refractivity contribution is 7.15. The molecule has 8 heteroatoms. The average molecular weight is 372 g/mol. The molecule has 0 bridgehead atoms. The van der Waals surface area contributed by atoms with Crippen molar-refractivity contribution in [3.63, 3.8) is 0 Å². The third kappa shape index (κ3) is 3.71. The zero-order valence-corrected chi connectivity index (χ0v) is 16.1. The summed E-state index contributed by atoms with van der Waals surface area (Å²) in [4.78, 5) is 30.2. The minimum Gasteiger partial charge on any atom is -0.368 e. The third-order valence-electron chi connectivity index (χ3n) is 5.30. The fraction of sp³-hybridized carbons (Fsp3) is 0.556. The second-order valence-corrected chi connectivity index (χ2v) is 8.55. The van der Waals surface area contributed by atoms with E-state index >= 15 is 0 Å². The van der Waals surface area contributed by atoms with Crippen molar-refractivity contribution < 1.29 is 4.79 Å². The van der Waals surface area contributed by atoms with Crippen molar-refractivity contribution in [2.75, 3.05) is 36.4 Å². The average Bonchev–Trinajstić information content (AvgIpc) is 3.31. The number of aryl methyl sites for hydroxylation is 1. The van der Waals surface area contributed by atoms with Crippen LogP contribution < -0.4 is 10.2 Å². The summed E-state index contributed by atoms with van der Waals surface area (Å²) in [5.41, 5.74) is 1.50. The summed E-state index contributed by atoms with van der Waals surface area (Å²) in [6, 6.07) is 0. The molecular formula is C18H24N6OS. The monoisotopic (exact) mass is 372 g/mol. The van der Waals surface area contributed by atoms with Crippen LogP contribution >= 0.6 is 11.3 Å². The van der Waals surface area contributed by atoms with Crippen LogP contribution in [0, 0.1) is 12.3 Å². The van der Waals surface area contributed by atoms with Gasteiger partial charge in [-0.15, -0.1) is 11.3 Å². The number of thiazole rings is 1. The van der Waals surface area contributed by atoms with E-state index in [4.69, 9.17) is 0 Å². The van der Waals surface area contributed by atoms with E-state index in [-0.39, 0.29) is 5.91 Å². The summed E-state index contributed by atoms with van der Waals surface area (Å²) >= 11 is 1.57. The fourth-order valence-electron chi connectivity index (χ4n) is 4.01. The normalized spacial score (nSPS) is 23.1. The predicted octanol–water partition coefficient (Wildman–Crippen LogP) is 2.30. The van der Waals surface area contributed by atoms with Gasteiger partial charge in [-0.3, -0.25) is 9.69 Å². The molecule has 2 fully saturated rings. The van der Waals surface area contributed by atoms with Crippen LogP contribution in [0.2, 0.25) is 0 Å². The summed E-state index contributed by atoms with van der Waals surface area (Å²) in [6.07, 6.45) is 8.21. The Morgan fingerprint density at radius 2 is 1.96 bits per heavy atom. The molecule has 2 saturated heterocycles. The first-order chi connectivity index (χ1) is 12.5. The minimum absolute atomic E-state index is 0.0721. The van der Waals surface area contributed by atoms with Crippen molar-refractivity contribution in [1.82, 2.24) is 19.9 Å². The Labute approximate surface area is 157 Å². The second-order valence-electron chi connectivity index (χ2n) is 7.43. The summed E-state index contributed by atoms with van der Waals surface area (Å²) in [5.74, 6) is 0.745. The molecule has 2 aromatic rings. The van der Waals surface area contributed by atoms with Crippen LogP contribution in [0.4, 0.5) is 10.8 Å². The number of hydrogen-bond donors (Lipinski definition) is 1. The number of nitrogens with one attached hydrogen (secondary N) is 1. The summed E-state index contributed by atoms with van der Waals surface area (Å²) < 4.78 is 0. The van der Waals surface area contributed by atoms with Crippen LogP contribution in [0.1, 0.15) is 30.5 Å². The lowest BCUT2D eigenvalue weighted by molar-refractivity contribution is -0.114. The van der Waals surface area contributed by atoms with Crippen LogP contribution in [-0.2, 0) is 11.3 Å². The summed E-state index contributed by atoms with van der Waals surface area (Å²) in [5, 5.41) is 3.45. The molecule has 0 saturated carbocycles. The van der Waals surface area contributed by atoms with Crippen LogP contribution in [-0.4, -0.2) is 51.9 Å². The van der Waals surface area contributed by atoms with E-state index in [1.54, 1.807) is 11.3 Å². The van der Waals surface area contributed by atoms with Crippen molar-refractivity contribution in [2.45, 2.75) is 33.2 Å². The van der Waals surface area contributed by atoms with Gasteiger partial charge in [0.15, 0.2) is 5.13 Å². The number of anilines is 2. The maximum atomic E-state index is 11.1. The topological polar surface area (TPSA) is 74.2 Å². The number of aromatic nitrogens is 3. The number of carbonyl (C=O) groups excluding carboxylic acids is 1. The van der Waals surface area contributed by atoms with Crippen molar-refractivity contribution in [1.29, 1.82) is 0 Å². The number of rotatable bonds is 4. The van der Waals surface area contributed by atoms with Gasteiger partial charge in [-0.2, -0.15) is 0 Å². The maximum Gasteiger partial charge on any atom is 0.223 e. The first-order valence-corrected chi connectivity index (χ1v) is 9.81. The van der Waals surface area contributed by atoms with Crippen LogP contribution in [0.25, 0.3) is 0 Å². The Bertz CT molecular complexity index is 791. The molecule has 4 rings (SSSR count). The Morgan fingerprint density at radius 1 is 1.19 bits per heavy atom. The molecule has 7 nitrogen and oxygen atoms in total. The highest BCUT2D eigenvalue weighted by Gasteiger charge is 2.43. The van der Waals surface area contributed by atoms with Gasteiger partial charge in [-0.25, -0.2) is 15.0 Å². The Hall–Kier alpha value is -2.06. The zero-order valence-electron chi connectivity index (χ0n) is 15.2. The molecule has 138 valence electrons. The fourth-order valence-corrected chi connectivity index (χ4v) is 4.91. The highest BCUT2D eigenvalue weighted by Crippen LogP contribution is 2.41. The number of nitrogens with zero attached hydrogens (tertiary/aromatic N) is 5. The van der Waals surface area contributed by atoms with Gasteiger partial charge < -0.3 is 10.2 Å². The smallest absolute Gasteiger partial charge is 0.223 e. The van der Waals surface area contributed by atoms with E-state index < -0.39 is 0 Å². The highest BCUT2D eigenvalue weighted by atomic mass is 32.1. The molecule has 1 amide bonds. The molecule has 2 aliphatic heterocycles. The third-order valence-corrected chi connectivity index (χ3v) is 6.20. The van der Waals surface area contributed by atoms with E-state index in [1.165, 1.54) is 24.6 Å². The minimum atomic E-state index is -0.0721. The van der Waals surface area contributed by atoms with Gasteiger partial charge in [-0.1, -0.05) is 0 Å². The molecule has 1 N–H and O–H groups in total. The van der Waals surface area contributed by atoms with Gasteiger partial charge in [0.1, 0.15) is 5.82 Å². The van der Waals surface area contributed by atoms with E-state index in [0.29, 0.717) is 10.5 Å². The van der Waals surface area contributed by atoms with Crippen LogP contribution in [0.5, 0.6) is 0 Å². The summed E-state index contributed by atoms with van der Waals surface area (Å²) in [6.45, 7) is 8.72. The summed E-state index contributed by atoms with van der Waals surface area (Å²) in [7, 11) is 0. The lowest BCUT2D eigenvalue weighted by atomic mass is 9.86. The molecule has 0 aliphatic carbocycles. The number of amides is 1.